The average Bonchev–Trinajstić information content (AvgIpc) is 3.27. The molecule has 0 saturated heterocycles. The van der Waals surface area contributed by atoms with Gasteiger partial charge in [-0.2, -0.15) is 0 Å². The zero-order valence-corrected chi connectivity index (χ0v) is 19.3. The van der Waals surface area contributed by atoms with Gasteiger partial charge in [0, 0.05) is 11.3 Å². The molecule has 4 aromatic rings. The molecule has 0 spiro atoms. The predicted octanol–water partition coefficient (Wildman–Crippen LogP) is 5.21. The third kappa shape index (κ3) is 4.24. The molecule has 0 aliphatic carbocycles. The number of thioether (sulfide) groups is 1. The molecule has 1 aliphatic rings. The van der Waals surface area contributed by atoms with Crippen molar-refractivity contribution in [3.8, 4) is 11.4 Å². The van der Waals surface area contributed by atoms with E-state index in [0.717, 1.165) is 34.6 Å². The highest BCUT2D eigenvalue weighted by Crippen LogP contribution is 2.39. The fourth-order valence-electron chi connectivity index (χ4n) is 4.01. The van der Waals surface area contributed by atoms with Crippen molar-refractivity contribution in [2.45, 2.75) is 36.7 Å². The molecule has 2 N–H and O–H groups in total. The maximum absolute atomic E-state index is 13.5. The summed E-state index contributed by atoms with van der Waals surface area (Å²) in [7, 11) is 0. The molecular formula is C26H25N5OS. The number of hydrogen-bond acceptors (Lipinski definition) is 5. The monoisotopic (exact) mass is 455 g/mol. The van der Waals surface area contributed by atoms with Crippen LogP contribution in [0.2, 0.25) is 0 Å². The number of fused-ring (bicyclic) bond motifs is 1. The first-order valence-electron chi connectivity index (χ1n) is 11.0. The Morgan fingerprint density at radius 3 is 2.48 bits per heavy atom. The van der Waals surface area contributed by atoms with Crippen molar-refractivity contribution in [2.24, 2.45) is 0 Å². The van der Waals surface area contributed by atoms with E-state index in [4.69, 9.17) is 0 Å². The minimum absolute atomic E-state index is 0.0607. The van der Waals surface area contributed by atoms with Crippen LogP contribution >= 0.6 is 11.8 Å². The number of anilines is 1. The van der Waals surface area contributed by atoms with Crippen LogP contribution in [0.1, 0.15) is 29.7 Å². The van der Waals surface area contributed by atoms with E-state index in [1.54, 1.807) is 0 Å². The van der Waals surface area contributed by atoms with Crippen molar-refractivity contribution < 1.29 is 4.79 Å². The molecule has 0 radical (unpaired) electrons. The van der Waals surface area contributed by atoms with Gasteiger partial charge in [-0.15, -0.1) is 10.2 Å². The maximum atomic E-state index is 13.5. The van der Waals surface area contributed by atoms with Gasteiger partial charge in [0.15, 0.2) is 5.82 Å². The first-order valence-corrected chi connectivity index (χ1v) is 11.9. The van der Waals surface area contributed by atoms with Crippen LogP contribution in [0.4, 0.5) is 5.69 Å². The molecule has 2 unspecified atom stereocenters. The van der Waals surface area contributed by atoms with Crippen LogP contribution < -0.4 is 10.7 Å². The van der Waals surface area contributed by atoms with Crippen molar-refractivity contribution in [1.29, 1.82) is 0 Å². The Kier molecular flexibility index (Phi) is 5.88. The van der Waals surface area contributed by atoms with Crippen molar-refractivity contribution in [1.82, 2.24) is 14.9 Å². The summed E-state index contributed by atoms with van der Waals surface area (Å²) in [4.78, 5) is 13.5. The van der Waals surface area contributed by atoms with Gasteiger partial charge in [-0.25, -0.2) is 4.68 Å². The topological polar surface area (TPSA) is 71.8 Å². The molecule has 33 heavy (non-hydrogen) atoms. The van der Waals surface area contributed by atoms with Gasteiger partial charge in [-0.3, -0.25) is 4.79 Å². The fraction of sp³-hybridized carbons (Fsp3) is 0.192. The molecule has 2 heterocycles. The van der Waals surface area contributed by atoms with Gasteiger partial charge < -0.3 is 10.7 Å². The second kappa shape index (κ2) is 9.11. The SMILES string of the molecule is CCc1ccccc1NC(=O)C1Sc2nnc(-c3ccccc3)n2NC1c1ccc(C)cc1. The highest BCUT2D eigenvalue weighted by Gasteiger charge is 2.38. The largest absolute Gasteiger partial charge is 0.325 e. The maximum Gasteiger partial charge on any atom is 0.240 e. The number of nitrogens with one attached hydrogen (secondary N) is 2. The molecule has 1 amide bonds. The number of benzene rings is 3. The Bertz CT molecular complexity index is 1270. The molecule has 0 bridgehead atoms. The Morgan fingerprint density at radius 2 is 1.73 bits per heavy atom. The Morgan fingerprint density at radius 1 is 1.00 bits per heavy atom. The van der Waals surface area contributed by atoms with Crippen LogP contribution in [0.15, 0.2) is 84.0 Å². The minimum atomic E-state index is -0.419. The number of para-hydroxylation sites is 1. The lowest BCUT2D eigenvalue weighted by Crippen LogP contribution is -2.41. The van der Waals surface area contributed by atoms with Crippen molar-refractivity contribution >= 4 is 23.4 Å². The van der Waals surface area contributed by atoms with Crippen molar-refractivity contribution in [3.63, 3.8) is 0 Å². The summed E-state index contributed by atoms with van der Waals surface area (Å²) < 4.78 is 1.90. The smallest absolute Gasteiger partial charge is 0.240 e. The molecule has 1 aromatic heterocycles. The third-order valence-corrected chi connectivity index (χ3v) is 7.03. The first-order chi connectivity index (χ1) is 16.1. The van der Waals surface area contributed by atoms with Gasteiger partial charge in [0.25, 0.3) is 0 Å². The van der Waals surface area contributed by atoms with E-state index in [0.29, 0.717) is 5.16 Å². The van der Waals surface area contributed by atoms with E-state index in [1.165, 1.54) is 17.3 Å². The highest BCUT2D eigenvalue weighted by atomic mass is 32.2. The van der Waals surface area contributed by atoms with E-state index in [1.807, 2.05) is 59.3 Å². The van der Waals surface area contributed by atoms with Crippen LogP contribution in [0.3, 0.4) is 0 Å². The summed E-state index contributed by atoms with van der Waals surface area (Å²) in [5.41, 5.74) is 8.68. The molecule has 5 rings (SSSR count). The summed E-state index contributed by atoms with van der Waals surface area (Å²) in [6, 6.07) is 25.9. The molecule has 1 aliphatic heterocycles. The molecule has 3 aromatic carbocycles. The van der Waals surface area contributed by atoms with Gasteiger partial charge in [0.05, 0.1) is 6.04 Å². The van der Waals surface area contributed by atoms with Crippen LogP contribution in [-0.2, 0) is 11.2 Å². The summed E-state index contributed by atoms with van der Waals surface area (Å²) in [5, 5.41) is 12.2. The molecule has 2 atom stereocenters. The first kappa shape index (κ1) is 21.3. The molecular weight excluding hydrogens is 430 g/mol. The summed E-state index contributed by atoms with van der Waals surface area (Å²) >= 11 is 1.44. The average molecular weight is 456 g/mol. The third-order valence-electron chi connectivity index (χ3n) is 5.82. The van der Waals surface area contributed by atoms with E-state index in [2.05, 4.69) is 59.1 Å². The van der Waals surface area contributed by atoms with Gasteiger partial charge in [0.2, 0.25) is 11.1 Å². The van der Waals surface area contributed by atoms with Crippen molar-refractivity contribution in [3.05, 3.63) is 95.6 Å². The van der Waals surface area contributed by atoms with Gasteiger partial charge in [0.1, 0.15) is 5.25 Å². The van der Waals surface area contributed by atoms with E-state index >= 15 is 0 Å². The number of hydrogen-bond donors (Lipinski definition) is 2. The van der Waals surface area contributed by atoms with E-state index in [-0.39, 0.29) is 11.9 Å². The van der Waals surface area contributed by atoms with Gasteiger partial charge >= 0.3 is 0 Å². The van der Waals surface area contributed by atoms with Gasteiger partial charge in [-0.05, 0) is 30.5 Å². The molecule has 6 nitrogen and oxygen atoms in total. The highest BCUT2D eigenvalue weighted by molar-refractivity contribution is 8.00. The van der Waals surface area contributed by atoms with Crippen molar-refractivity contribution in [2.75, 3.05) is 10.7 Å². The zero-order valence-electron chi connectivity index (χ0n) is 18.5. The Hall–Kier alpha value is -3.58. The fourth-order valence-corrected chi connectivity index (χ4v) is 5.09. The van der Waals surface area contributed by atoms with Crippen LogP contribution in [0, 0.1) is 6.92 Å². The number of aryl methyl sites for hydroxylation is 2. The molecule has 7 heteroatoms. The molecule has 0 saturated carbocycles. The van der Waals surface area contributed by atoms with Crippen LogP contribution in [0.5, 0.6) is 0 Å². The predicted molar refractivity (Wildman–Crippen MR) is 133 cm³/mol. The quantitative estimate of drug-likeness (QED) is 0.432. The number of amides is 1. The summed E-state index contributed by atoms with van der Waals surface area (Å²) in [5.74, 6) is 0.667. The number of carbonyl (C=O) groups is 1. The Labute approximate surface area is 197 Å². The number of nitrogens with zero attached hydrogens (tertiary/aromatic N) is 3. The second-order valence-corrected chi connectivity index (χ2v) is 9.17. The lowest BCUT2D eigenvalue weighted by molar-refractivity contribution is -0.116. The molecule has 166 valence electrons. The zero-order chi connectivity index (χ0) is 22.8. The Balaban J connectivity index is 1.52. The molecule has 0 fully saturated rings. The second-order valence-electron chi connectivity index (χ2n) is 8.06. The minimum Gasteiger partial charge on any atom is -0.325 e. The van der Waals surface area contributed by atoms with Gasteiger partial charge in [-0.1, -0.05) is 97.0 Å². The standard InChI is InChI=1S/C26H25N5OS/c1-3-18-9-7-8-12-21(18)27-25(32)23-22(19-15-13-17(2)14-16-19)30-31-24(28-29-26(31)33-23)20-10-5-4-6-11-20/h4-16,22-23,30H,3H2,1-2H3,(H,27,32). The number of rotatable bonds is 5. The normalized spacial score (nSPS) is 17.2. The lowest BCUT2D eigenvalue weighted by atomic mass is 10.0. The van der Waals surface area contributed by atoms with E-state index in [9.17, 15) is 4.79 Å². The number of carbonyl (C=O) groups excluding carboxylic acids is 1. The summed E-state index contributed by atoms with van der Waals surface area (Å²) in [6.45, 7) is 4.15. The van der Waals surface area contributed by atoms with E-state index < -0.39 is 5.25 Å². The van der Waals surface area contributed by atoms with Crippen LogP contribution in [-0.4, -0.2) is 26.0 Å². The lowest BCUT2D eigenvalue weighted by Gasteiger charge is -2.33. The van der Waals surface area contributed by atoms with Crippen LogP contribution in [0.25, 0.3) is 11.4 Å². The summed E-state index contributed by atoms with van der Waals surface area (Å²) in [6.07, 6.45) is 0.850. The number of aromatic nitrogens is 3.